The van der Waals surface area contributed by atoms with Crippen molar-refractivity contribution in [2.45, 2.75) is 19.3 Å². The fourth-order valence-corrected chi connectivity index (χ4v) is 2.28. The average Bonchev–Trinajstić information content (AvgIpc) is 2.88. The summed E-state index contributed by atoms with van der Waals surface area (Å²) in [6.07, 6.45) is 2.59. The van der Waals surface area contributed by atoms with E-state index in [4.69, 9.17) is 0 Å². The molecule has 98 valence electrons. The van der Waals surface area contributed by atoms with E-state index >= 15 is 0 Å². The van der Waals surface area contributed by atoms with Crippen LogP contribution in [0.1, 0.15) is 19.3 Å². The highest BCUT2D eigenvalue weighted by molar-refractivity contribution is 5.92. The van der Waals surface area contributed by atoms with E-state index < -0.39 is 0 Å². The van der Waals surface area contributed by atoms with Crippen molar-refractivity contribution in [3.05, 3.63) is 30.1 Å². The SMILES string of the molecule is CN(C(=O)CCC1CCNC1)c1cccc(F)c1. The smallest absolute Gasteiger partial charge is 0.226 e. The van der Waals surface area contributed by atoms with E-state index in [1.54, 1.807) is 19.2 Å². The van der Waals surface area contributed by atoms with Gasteiger partial charge < -0.3 is 10.2 Å². The van der Waals surface area contributed by atoms with Gasteiger partial charge in [0, 0.05) is 19.2 Å². The zero-order valence-corrected chi connectivity index (χ0v) is 10.7. The largest absolute Gasteiger partial charge is 0.316 e. The minimum absolute atomic E-state index is 0.0486. The maximum atomic E-state index is 13.1. The van der Waals surface area contributed by atoms with Gasteiger partial charge >= 0.3 is 0 Å². The van der Waals surface area contributed by atoms with Gasteiger partial charge in [-0.05, 0) is 50.0 Å². The Morgan fingerprint density at radius 3 is 3.06 bits per heavy atom. The number of benzene rings is 1. The van der Waals surface area contributed by atoms with E-state index in [2.05, 4.69) is 5.32 Å². The van der Waals surface area contributed by atoms with Crippen LogP contribution in [0.25, 0.3) is 0 Å². The number of carbonyl (C=O) groups excluding carboxylic acids is 1. The molecule has 1 N–H and O–H groups in total. The van der Waals surface area contributed by atoms with Gasteiger partial charge in [0.15, 0.2) is 0 Å². The molecule has 0 aromatic heterocycles. The lowest BCUT2D eigenvalue weighted by Crippen LogP contribution is -2.26. The van der Waals surface area contributed by atoms with Crippen molar-refractivity contribution in [1.29, 1.82) is 0 Å². The van der Waals surface area contributed by atoms with Crippen LogP contribution in [-0.2, 0) is 4.79 Å². The van der Waals surface area contributed by atoms with Crippen molar-refractivity contribution in [2.75, 3.05) is 25.0 Å². The summed E-state index contributed by atoms with van der Waals surface area (Å²) in [5.74, 6) is 0.342. The Bertz CT molecular complexity index is 416. The molecule has 1 unspecified atom stereocenters. The van der Waals surface area contributed by atoms with Crippen LogP contribution >= 0.6 is 0 Å². The van der Waals surface area contributed by atoms with Gasteiger partial charge in [0.2, 0.25) is 5.91 Å². The lowest BCUT2D eigenvalue weighted by molar-refractivity contribution is -0.118. The summed E-state index contributed by atoms with van der Waals surface area (Å²) in [5.41, 5.74) is 0.615. The Labute approximate surface area is 107 Å². The standard InChI is InChI=1S/C14H19FN2O/c1-17(13-4-2-3-12(15)9-13)14(18)6-5-11-7-8-16-10-11/h2-4,9,11,16H,5-8,10H2,1H3. The van der Waals surface area contributed by atoms with Crippen LogP contribution in [0.4, 0.5) is 10.1 Å². The molecule has 4 heteroatoms. The lowest BCUT2D eigenvalue weighted by atomic mass is 10.0. The van der Waals surface area contributed by atoms with E-state index in [0.29, 0.717) is 18.0 Å². The van der Waals surface area contributed by atoms with E-state index in [1.165, 1.54) is 17.0 Å². The molecule has 0 spiro atoms. The molecule has 1 atom stereocenters. The summed E-state index contributed by atoms with van der Waals surface area (Å²) in [6.45, 7) is 2.07. The first-order chi connectivity index (χ1) is 8.66. The molecule has 1 aromatic carbocycles. The van der Waals surface area contributed by atoms with E-state index in [1.807, 2.05) is 0 Å². The number of nitrogens with zero attached hydrogens (tertiary/aromatic N) is 1. The molecule has 0 saturated carbocycles. The van der Waals surface area contributed by atoms with E-state index in [9.17, 15) is 9.18 Å². The van der Waals surface area contributed by atoms with Crippen LogP contribution in [0.2, 0.25) is 0 Å². The highest BCUT2D eigenvalue weighted by Crippen LogP contribution is 2.18. The monoisotopic (exact) mass is 250 g/mol. The molecule has 1 fully saturated rings. The summed E-state index contributed by atoms with van der Waals surface area (Å²) in [4.78, 5) is 13.5. The maximum absolute atomic E-state index is 13.1. The molecule has 1 aliphatic heterocycles. The number of halogens is 1. The third-order valence-electron chi connectivity index (χ3n) is 3.50. The first-order valence-electron chi connectivity index (χ1n) is 6.39. The van der Waals surface area contributed by atoms with Crippen molar-refractivity contribution in [1.82, 2.24) is 5.32 Å². The van der Waals surface area contributed by atoms with E-state index in [-0.39, 0.29) is 11.7 Å². The Morgan fingerprint density at radius 1 is 1.56 bits per heavy atom. The van der Waals surface area contributed by atoms with Crippen LogP contribution in [0, 0.1) is 11.7 Å². The van der Waals surface area contributed by atoms with Crippen LogP contribution < -0.4 is 10.2 Å². The van der Waals surface area contributed by atoms with Crippen molar-refractivity contribution in [2.24, 2.45) is 5.92 Å². The van der Waals surface area contributed by atoms with Crippen molar-refractivity contribution in [3.8, 4) is 0 Å². The molecule has 3 nitrogen and oxygen atoms in total. The van der Waals surface area contributed by atoms with Gasteiger partial charge in [-0.2, -0.15) is 0 Å². The lowest BCUT2D eigenvalue weighted by Gasteiger charge is -2.18. The first kappa shape index (κ1) is 13.0. The third-order valence-corrected chi connectivity index (χ3v) is 3.50. The minimum atomic E-state index is -0.313. The van der Waals surface area contributed by atoms with Crippen molar-refractivity contribution in [3.63, 3.8) is 0 Å². The van der Waals surface area contributed by atoms with Crippen LogP contribution in [0.5, 0.6) is 0 Å². The number of hydrogen-bond donors (Lipinski definition) is 1. The number of anilines is 1. The summed E-state index contributed by atoms with van der Waals surface area (Å²) in [7, 11) is 1.70. The number of amides is 1. The zero-order chi connectivity index (χ0) is 13.0. The summed E-state index contributed by atoms with van der Waals surface area (Å²) in [5, 5.41) is 3.29. The minimum Gasteiger partial charge on any atom is -0.316 e. The molecule has 18 heavy (non-hydrogen) atoms. The van der Waals surface area contributed by atoms with E-state index in [0.717, 1.165) is 25.9 Å². The van der Waals surface area contributed by atoms with Crippen molar-refractivity contribution < 1.29 is 9.18 Å². The first-order valence-corrected chi connectivity index (χ1v) is 6.39. The molecule has 1 heterocycles. The van der Waals surface area contributed by atoms with Gasteiger partial charge in [0.25, 0.3) is 0 Å². The molecule has 1 aliphatic rings. The molecule has 0 radical (unpaired) electrons. The second-order valence-corrected chi connectivity index (χ2v) is 4.83. The molecule has 0 bridgehead atoms. The summed E-state index contributed by atoms with van der Waals surface area (Å²) in [6, 6.07) is 6.13. The number of rotatable bonds is 4. The topological polar surface area (TPSA) is 32.3 Å². The molecule has 2 rings (SSSR count). The molecule has 1 aromatic rings. The highest BCUT2D eigenvalue weighted by atomic mass is 19.1. The molecule has 1 saturated heterocycles. The third kappa shape index (κ3) is 3.29. The zero-order valence-electron chi connectivity index (χ0n) is 10.7. The highest BCUT2D eigenvalue weighted by Gasteiger charge is 2.17. The second kappa shape index (κ2) is 5.96. The Kier molecular flexibility index (Phi) is 4.31. The second-order valence-electron chi connectivity index (χ2n) is 4.83. The van der Waals surface area contributed by atoms with Crippen LogP contribution in [0.3, 0.4) is 0 Å². The van der Waals surface area contributed by atoms with Gasteiger partial charge in [-0.1, -0.05) is 6.07 Å². The molecule has 0 aliphatic carbocycles. The normalized spacial score (nSPS) is 18.9. The fraction of sp³-hybridized carbons (Fsp3) is 0.500. The Hall–Kier alpha value is -1.42. The summed E-state index contributed by atoms with van der Waals surface area (Å²) < 4.78 is 13.1. The number of carbonyl (C=O) groups is 1. The quantitative estimate of drug-likeness (QED) is 0.888. The van der Waals surface area contributed by atoms with Gasteiger partial charge in [0.05, 0.1) is 0 Å². The Morgan fingerprint density at radius 2 is 2.39 bits per heavy atom. The van der Waals surface area contributed by atoms with Gasteiger partial charge in [0.1, 0.15) is 5.82 Å². The predicted molar refractivity (Wildman–Crippen MR) is 70.0 cm³/mol. The predicted octanol–water partition coefficient (Wildman–Crippen LogP) is 2.18. The van der Waals surface area contributed by atoms with Gasteiger partial charge in [-0.15, -0.1) is 0 Å². The molecular weight excluding hydrogens is 231 g/mol. The van der Waals surface area contributed by atoms with Gasteiger partial charge in [-0.3, -0.25) is 4.79 Å². The van der Waals surface area contributed by atoms with Crippen molar-refractivity contribution >= 4 is 11.6 Å². The number of hydrogen-bond acceptors (Lipinski definition) is 2. The average molecular weight is 250 g/mol. The maximum Gasteiger partial charge on any atom is 0.226 e. The van der Waals surface area contributed by atoms with Crippen LogP contribution in [-0.4, -0.2) is 26.0 Å². The van der Waals surface area contributed by atoms with Gasteiger partial charge in [-0.25, -0.2) is 4.39 Å². The Balaban J connectivity index is 1.87. The summed E-state index contributed by atoms with van der Waals surface area (Å²) >= 11 is 0. The molecule has 1 amide bonds. The molecular formula is C14H19FN2O. The van der Waals surface area contributed by atoms with Crippen LogP contribution in [0.15, 0.2) is 24.3 Å². The number of nitrogens with one attached hydrogen (secondary N) is 1. The fourth-order valence-electron chi connectivity index (χ4n) is 2.28.